The molecule has 9 rings (SSSR count). The fourth-order valence-corrected chi connectivity index (χ4v) is 8.86. The van der Waals surface area contributed by atoms with Crippen molar-refractivity contribution in [1.82, 2.24) is 14.5 Å². The van der Waals surface area contributed by atoms with Crippen molar-refractivity contribution in [2.45, 2.75) is 79.9 Å². The van der Waals surface area contributed by atoms with Crippen LogP contribution in [0.3, 0.4) is 0 Å². The number of pyridine rings is 1. The van der Waals surface area contributed by atoms with Gasteiger partial charge in [-0.1, -0.05) is 161 Å². The van der Waals surface area contributed by atoms with Crippen molar-refractivity contribution in [2.75, 3.05) is 0 Å². The zero-order valence-corrected chi connectivity index (χ0v) is 40.3. The SMILES string of the molecule is [2H]C([2H])([2H])c1cc(-c2c(C([2H])(C)C)cccc2C([2H])(C)C)ccc1-n1c(-c2cc(C)cc(C)c2O)nc2c(-c3[c-]c(-c4cc(-c5ccc(C([2H])(C)C)cc5)ccn4)cc(-c4ccccc4)c3)cccc21.[Pt]. The summed E-state index contributed by atoms with van der Waals surface area (Å²) in [5.74, 6) is -2.43. The van der Waals surface area contributed by atoms with Crippen LogP contribution in [0.4, 0.5) is 0 Å². The molecule has 1 N–H and O–H groups in total. The molecule has 65 heavy (non-hydrogen) atoms. The molecule has 0 aliphatic heterocycles. The number of nitrogens with zero attached hydrogens (tertiary/aromatic N) is 3. The largest absolute Gasteiger partial charge is 0.507 e. The van der Waals surface area contributed by atoms with Gasteiger partial charge in [-0.3, -0.25) is 9.55 Å². The van der Waals surface area contributed by atoms with Crippen LogP contribution in [0.1, 0.15) is 101 Å². The van der Waals surface area contributed by atoms with Crippen LogP contribution in [0.25, 0.3) is 83.9 Å². The Kier molecular flexibility index (Phi) is 10.9. The van der Waals surface area contributed by atoms with E-state index in [2.05, 4.69) is 36.4 Å². The number of imidazole rings is 1. The Bertz CT molecular complexity index is 3420. The molecule has 2 heterocycles. The van der Waals surface area contributed by atoms with Crippen LogP contribution in [0.15, 0.2) is 152 Å². The summed E-state index contributed by atoms with van der Waals surface area (Å²) < 4.78 is 55.8. The van der Waals surface area contributed by atoms with E-state index in [1.165, 1.54) is 0 Å². The maximum Gasteiger partial charge on any atom is 0.148 e. The monoisotopic (exact) mass is 1040 g/mol. The fraction of sp³-hybridized carbons (Fsp3) is 0.200. The number of phenols is 1. The van der Waals surface area contributed by atoms with Crippen molar-refractivity contribution in [2.24, 2.45) is 0 Å². The van der Waals surface area contributed by atoms with Gasteiger partial charge in [0.25, 0.3) is 0 Å². The number of aromatic hydroxyl groups is 1. The van der Waals surface area contributed by atoms with Gasteiger partial charge in [0, 0.05) is 41.2 Å². The van der Waals surface area contributed by atoms with Crippen molar-refractivity contribution < 1.29 is 34.4 Å². The summed E-state index contributed by atoms with van der Waals surface area (Å²) in [6, 6.07) is 50.7. The second kappa shape index (κ2) is 18.6. The first kappa shape index (κ1) is 38.0. The van der Waals surface area contributed by atoms with Crippen molar-refractivity contribution in [3.8, 4) is 78.6 Å². The van der Waals surface area contributed by atoms with E-state index < -0.39 is 24.5 Å². The van der Waals surface area contributed by atoms with E-state index >= 15 is 0 Å². The minimum Gasteiger partial charge on any atom is -0.507 e. The van der Waals surface area contributed by atoms with E-state index in [9.17, 15) is 5.11 Å². The molecule has 2 aromatic heterocycles. The molecular weight excluding hydrogens is 974 g/mol. The molecule has 0 aliphatic carbocycles. The molecule has 0 amide bonds. The van der Waals surface area contributed by atoms with E-state index in [1.807, 2.05) is 135 Å². The normalized spacial score (nSPS) is 13.5. The molecule has 0 atom stereocenters. The Hall–Kier alpha value is -6.35. The predicted molar refractivity (Wildman–Crippen MR) is 268 cm³/mol. The second-order valence-electron chi connectivity index (χ2n) is 17.5. The molecule has 5 heteroatoms. The smallest absolute Gasteiger partial charge is 0.148 e. The maximum atomic E-state index is 11.9. The van der Waals surface area contributed by atoms with Gasteiger partial charge in [-0.25, -0.2) is 4.98 Å². The van der Waals surface area contributed by atoms with Gasteiger partial charge < -0.3 is 5.11 Å². The Morgan fingerprint density at radius 3 is 1.97 bits per heavy atom. The van der Waals surface area contributed by atoms with Crippen LogP contribution in [0.2, 0.25) is 0 Å². The average Bonchev–Trinajstić information content (AvgIpc) is 3.71. The summed E-state index contributed by atoms with van der Waals surface area (Å²) in [5, 5.41) is 11.9. The number of phenolic OH excluding ortho intramolecular Hbond substituents is 1. The summed E-state index contributed by atoms with van der Waals surface area (Å²) >= 11 is 0. The van der Waals surface area contributed by atoms with Gasteiger partial charge in [0.05, 0.1) is 22.3 Å². The molecule has 0 saturated heterocycles. The van der Waals surface area contributed by atoms with E-state index in [1.54, 1.807) is 46.0 Å². The summed E-state index contributed by atoms with van der Waals surface area (Å²) in [6.45, 7) is 12.1. The fourth-order valence-electron chi connectivity index (χ4n) is 8.86. The van der Waals surface area contributed by atoms with E-state index in [-0.39, 0.29) is 32.4 Å². The molecule has 0 saturated carbocycles. The third kappa shape index (κ3) is 8.77. The van der Waals surface area contributed by atoms with E-state index in [0.717, 1.165) is 55.8 Å². The molecule has 9 aromatic rings. The third-order valence-corrected chi connectivity index (χ3v) is 12.1. The van der Waals surface area contributed by atoms with Crippen molar-refractivity contribution in [3.05, 3.63) is 191 Å². The summed E-state index contributed by atoms with van der Waals surface area (Å²) in [7, 11) is 0. The minimum atomic E-state index is -2.63. The summed E-state index contributed by atoms with van der Waals surface area (Å²) in [5.41, 5.74) is 14.0. The quantitative estimate of drug-likeness (QED) is 0.139. The number of hydrogen-bond acceptors (Lipinski definition) is 3. The summed E-state index contributed by atoms with van der Waals surface area (Å²) in [4.78, 5) is 10.2. The van der Waals surface area contributed by atoms with Crippen molar-refractivity contribution in [1.29, 1.82) is 0 Å². The van der Waals surface area contributed by atoms with Crippen LogP contribution >= 0.6 is 0 Å². The van der Waals surface area contributed by atoms with E-state index in [4.69, 9.17) is 18.2 Å². The molecule has 7 aromatic carbocycles. The van der Waals surface area contributed by atoms with Crippen LogP contribution in [0.5, 0.6) is 5.75 Å². The van der Waals surface area contributed by atoms with Gasteiger partial charge in [-0.2, -0.15) is 0 Å². The van der Waals surface area contributed by atoms with Gasteiger partial charge >= 0.3 is 0 Å². The zero-order chi connectivity index (χ0) is 50.1. The number of benzene rings is 7. The van der Waals surface area contributed by atoms with E-state index in [0.29, 0.717) is 55.9 Å². The van der Waals surface area contributed by atoms with Gasteiger partial charge in [0.2, 0.25) is 0 Å². The van der Waals surface area contributed by atoms with Gasteiger partial charge in [0.1, 0.15) is 11.6 Å². The van der Waals surface area contributed by atoms with Gasteiger partial charge in [-0.05, 0) is 130 Å². The zero-order valence-electron chi connectivity index (χ0n) is 44.0. The molecule has 328 valence electrons. The Labute approximate surface area is 407 Å². The molecule has 0 aliphatic rings. The molecular formula is C60H56N3OPt-. The number of rotatable bonds is 10. The van der Waals surface area contributed by atoms with Gasteiger partial charge in [0.15, 0.2) is 0 Å². The number of para-hydroxylation sites is 1. The Morgan fingerprint density at radius 1 is 0.600 bits per heavy atom. The number of hydrogen-bond donors (Lipinski definition) is 1. The minimum absolute atomic E-state index is 0. The number of aryl methyl sites for hydroxylation is 3. The topological polar surface area (TPSA) is 50.9 Å². The first-order chi connectivity index (χ1) is 33.0. The number of aromatic nitrogens is 3. The molecule has 0 fully saturated rings. The summed E-state index contributed by atoms with van der Waals surface area (Å²) in [6.07, 6.45) is 1.80. The average molecular weight is 1040 g/mol. The van der Waals surface area contributed by atoms with Crippen LogP contribution < -0.4 is 0 Å². The Balaban J connectivity index is 0.00000676. The molecule has 0 unspecified atom stereocenters. The molecule has 0 bridgehead atoms. The predicted octanol–water partition coefficient (Wildman–Crippen LogP) is 16.2. The molecule has 0 spiro atoms. The van der Waals surface area contributed by atoms with Crippen LogP contribution in [-0.4, -0.2) is 19.6 Å². The number of fused-ring (bicyclic) bond motifs is 1. The Morgan fingerprint density at radius 2 is 1.28 bits per heavy atom. The van der Waals surface area contributed by atoms with Crippen LogP contribution in [-0.2, 0) is 21.1 Å². The second-order valence-corrected chi connectivity index (χ2v) is 17.5. The first-order valence-corrected chi connectivity index (χ1v) is 21.8. The first-order valence-electron chi connectivity index (χ1n) is 24.8. The van der Waals surface area contributed by atoms with Gasteiger partial charge in [-0.15, -0.1) is 23.8 Å². The molecule has 4 nitrogen and oxygen atoms in total. The maximum absolute atomic E-state index is 11.9. The van der Waals surface area contributed by atoms with Crippen LogP contribution in [0, 0.1) is 26.8 Å². The van der Waals surface area contributed by atoms with Crippen molar-refractivity contribution >= 4 is 11.0 Å². The third-order valence-electron chi connectivity index (χ3n) is 12.1. The standard InChI is InChI=1S/C60H56N3O.Pt/c1-36(2)42-21-23-44(24-22-42)45-27-28-61-54(35-45)49-33-47(43-15-11-10-12-16-43)32-48(34-49)52-19-14-20-56-58(52)62-60(53-30-39(7)29-41(9)59(53)64)63(56)55-26-25-46(31-40(55)8)57-50(37(3)4)17-13-18-51(57)38(5)6;/h10-33,35-38,64H,1-9H3;/q-1;/i8D3,36D,37D,38D;. The molecule has 0 radical (unpaired) electrons. The van der Waals surface area contributed by atoms with Crippen molar-refractivity contribution in [3.63, 3.8) is 0 Å².